The maximum absolute atomic E-state index is 9.29. The summed E-state index contributed by atoms with van der Waals surface area (Å²) in [5.74, 6) is 0.748. The number of hydrogen-bond donors (Lipinski definition) is 0. The Balaban J connectivity index is 0.00000156. The van der Waals surface area contributed by atoms with Gasteiger partial charge < -0.3 is 4.57 Å². The van der Waals surface area contributed by atoms with Gasteiger partial charge in [-0.1, -0.05) is 12.1 Å². The van der Waals surface area contributed by atoms with Crippen molar-refractivity contribution in [3.8, 4) is 23.1 Å². The summed E-state index contributed by atoms with van der Waals surface area (Å²) >= 11 is 1.59. The maximum Gasteiger partial charge on any atom is 0.101 e. The van der Waals surface area contributed by atoms with Crippen LogP contribution in [0.3, 0.4) is 0 Å². The van der Waals surface area contributed by atoms with Gasteiger partial charge in [-0.05, 0) is 22.3 Å². The number of hydrogen-bond acceptors (Lipinski definition) is 4. The Morgan fingerprint density at radius 2 is 2.09 bits per heavy atom. The number of nitriles is 1. The Hall–Kier alpha value is -2.32. The second-order valence-electron chi connectivity index (χ2n) is 4.70. The Morgan fingerprint density at radius 1 is 1.22 bits per heavy atom. The predicted octanol–water partition coefficient (Wildman–Crippen LogP) is 3.82. The van der Waals surface area contributed by atoms with Gasteiger partial charge in [-0.15, -0.1) is 23.8 Å². The van der Waals surface area contributed by atoms with Crippen LogP contribution in [-0.2, 0) is 20.1 Å². The van der Waals surface area contributed by atoms with Crippen LogP contribution < -0.4 is 0 Å². The monoisotopic (exact) mass is 494 g/mol. The van der Waals surface area contributed by atoms with Crippen LogP contribution >= 0.6 is 11.3 Å². The van der Waals surface area contributed by atoms with Crippen LogP contribution in [0.5, 0.6) is 0 Å². The largest absolute Gasteiger partial charge is 0.339 e. The van der Waals surface area contributed by atoms with Crippen molar-refractivity contribution in [2.45, 2.75) is 0 Å². The minimum atomic E-state index is 0. The third kappa shape index (κ3) is 2.71. The molecular formula is C17H9IrN4S-. The average Bonchev–Trinajstić information content (AvgIpc) is 3.22. The number of imidazole rings is 1. The third-order valence-corrected chi connectivity index (χ3v) is 4.22. The van der Waals surface area contributed by atoms with E-state index in [0.29, 0.717) is 5.56 Å². The van der Waals surface area contributed by atoms with E-state index < -0.39 is 0 Å². The molecule has 0 unspecified atom stereocenters. The summed E-state index contributed by atoms with van der Waals surface area (Å²) in [7, 11) is 0. The summed E-state index contributed by atoms with van der Waals surface area (Å²) in [6, 6.07) is 16.8. The van der Waals surface area contributed by atoms with Gasteiger partial charge in [0.05, 0.1) is 22.6 Å². The predicted molar refractivity (Wildman–Crippen MR) is 85.7 cm³/mol. The van der Waals surface area contributed by atoms with Gasteiger partial charge >= 0.3 is 0 Å². The SMILES string of the molecule is N#Cc1ccccc1-n1ccnc1-c1[c-]cc2scnc2c1.[Ir]. The zero-order chi connectivity index (χ0) is 14.9. The van der Waals surface area contributed by atoms with Crippen molar-refractivity contribution in [3.05, 3.63) is 65.9 Å². The van der Waals surface area contributed by atoms with Crippen LogP contribution in [-0.4, -0.2) is 14.5 Å². The first-order valence-electron chi connectivity index (χ1n) is 6.65. The number of fused-ring (bicyclic) bond motifs is 1. The zero-order valence-corrected chi connectivity index (χ0v) is 14.9. The van der Waals surface area contributed by atoms with Gasteiger partial charge in [0, 0.05) is 32.5 Å². The van der Waals surface area contributed by atoms with Crippen molar-refractivity contribution in [1.29, 1.82) is 5.26 Å². The smallest absolute Gasteiger partial charge is 0.101 e. The number of aromatic nitrogens is 3. The Morgan fingerprint density at radius 3 is 2.96 bits per heavy atom. The molecule has 4 aromatic rings. The normalized spacial score (nSPS) is 10.2. The van der Waals surface area contributed by atoms with Crippen LogP contribution in [0.25, 0.3) is 27.3 Å². The first-order valence-corrected chi connectivity index (χ1v) is 7.53. The Kier molecular flexibility index (Phi) is 4.35. The van der Waals surface area contributed by atoms with Gasteiger partial charge in [0.1, 0.15) is 6.07 Å². The van der Waals surface area contributed by atoms with E-state index in [1.807, 2.05) is 46.6 Å². The van der Waals surface area contributed by atoms with Crippen LogP contribution in [0.1, 0.15) is 5.56 Å². The number of para-hydroxylation sites is 1. The number of rotatable bonds is 2. The summed E-state index contributed by atoms with van der Waals surface area (Å²) in [4.78, 5) is 8.76. The van der Waals surface area contributed by atoms with E-state index in [2.05, 4.69) is 22.1 Å². The summed E-state index contributed by atoms with van der Waals surface area (Å²) in [5.41, 5.74) is 5.03. The van der Waals surface area contributed by atoms with E-state index in [4.69, 9.17) is 0 Å². The molecule has 4 rings (SSSR count). The molecule has 0 N–H and O–H groups in total. The molecule has 4 nitrogen and oxygen atoms in total. The summed E-state index contributed by atoms with van der Waals surface area (Å²) < 4.78 is 3.00. The van der Waals surface area contributed by atoms with E-state index in [1.165, 1.54) is 0 Å². The molecule has 0 aliphatic heterocycles. The molecule has 113 valence electrons. The minimum absolute atomic E-state index is 0. The molecule has 0 saturated heterocycles. The quantitative estimate of drug-likeness (QED) is 0.399. The van der Waals surface area contributed by atoms with Gasteiger partial charge in [0.25, 0.3) is 0 Å². The van der Waals surface area contributed by atoms with Gasteiger partial charge in [0.15, 0.2) is 0 Å². The third-order valence-electron chi connectivity index (χ3n) is 3.43. The molecule has 0 aliphatic carbocycles. The average molecular weight is 494 g/mol. The van der Waals surface area contributed by atoms with Crippen molar-refractivity contribution < 1.29 is 20.1 Å². The zero-order valence-electron chi connectivity index (χ0n) is 11.7. The molecule has 6 heteroatoms. The molecule has 23 heavy (non-hydrogen) atoms. The fourth-order valence-electron chi connectivity index (χ4n) is 2.41. The van der Waals surface area contributed by atoms with Crippen LogP contribution in [0.15, 0.2) is 54.3 Å². The first kappa shape index (κ1) is 15.6. The number of benzene rings is 2. The fraction of sp³-hybridized carbons (Fsp3) is 0. The van der Waals surface area contributed by atoms with Crippen molar-refractivity contribution in [2.24, 2.45) is 0 Å². The Labute approximate surface area is 150 Å². The molecule has 0 saturated carbocycles. The van der Waals surface area contributed by atoms with Crippen LogP contribution in [0.4, 0.5) is 0 Å². The second kappa shape index (κ2) is 6.43. The molecule has 0 bridgehead atoms. The van der Waals surface area contributed by atoms with Crippen molar-refractivity contribution in [3.63, 3.8) is 0 Å². The molecule has 1 radical (unpaired) electrons. The topological polar surface area (TPSA) is 54.5 Å². The molecular weight excluding hydrogens is 484 g/mol. The summed E-state index contributed by atoms with van der Waals surface area (Å²) in [6.45, 7) is 0. The van der Waals surface area contributed by atoms with E-state index in [9.17, 15) is 5.26 Å². The van der Waals surface area contributed by atoms with E-state index in [1.54, 1.807) is 23.6 Å². The van der Waals surface area contributed by atoms with E-state index >= 15 is 0 Å². The molecule has 2 heterocycles. The minimum Gasteiger partial charge on any atom is -0.339 e. The van der Waals surface area contributed by atoms with Gasteiger partial charge in [-0.25, -0.2) is 0 Å². The molecule has 2 aromatic heterocycles. The fourth-order valence-corrected chi connectivity index (χ4v) is 3.05. The van der Waals surface area contributed by atoms with E-state index in [0.717, 1.165) is 27.3 Å². The molecule has 0 spiro atoms. The standard InChI is InChI=1S/C17H9N4S.Ir/c18-10-13-3-1-2-4-15(13)21-8-7-19-17(21)12-5-6-16-14(9-12)20-11-22-16;/h1-4,6-9,11H;/q-1;. The van der Waals surface area contributed by atoms with Crippen LogP contribution in [0.2, 0.25) is 0 Å². The molecule has 0 aliphatic rings. The van der Waals surface area contributed by atoms with Gasteiger partial charge in [-0.3, -0.25) is 9.97 Å². The number of nitrogens with zero attached hydrogens (tertiary/aromatic N) is 4. The summed E-state index contributed by atoms with van der Waals surface area (Å²) in [5, 5.41) is 9.29. The van der Waals surface area contributed by atoms with Gasteiger partial charge in [0.2, 0.25) is 0 Å². The Bertz CT molecular complexity index is 1010. The first-order chi connectivity index (χ1) is 10.9. The second-order valence-corrected chi connectivity index (χ2v) is 5.58. The van der Waals surface area contributed by atoms with Gasteiger partial charge in [-0.2, -0.15) is 16.6 Å². The number of thiazole rings is 1. The molecule has 2 aromatic carbocycles. The van der Waals surface area contributed by atoms with Crippen molar-refractivity contribution >= 4 is 21.6 Å². The van der Waals surface area contributed by atoms with E-state index in [-0.39, 0.29) is 20.1 Å². The molecule has 0 fully saturated rings. The molecule has 0 amide bonds. The summed E-state index contributed by atoms with van der Waals surface area (Å²) in [6.07, 6.45) is 3.58. The maximum atomic E-state index is 9.29. The van der Waals surface area contributed by atoms with Crippen molar-refractivity contribution in [1.82, 2.24) is 14.5 Å². The molecule has 0 atom stereocenters. The van der Waals surface area contributed by atoms with Crippen LogP contribution in [0, 0.1) is 17.4 Å². The van der Waals surface area contributed by atoms with Crippen molar-refractivity contribution in [2.75, 3.05) is 0 Å².